The Morgan fingerprint density at radius 1 is 1.28 bits per heavy atom. The van der Waals surface area contributed by atoms with Gasteiger partial charge in [0, 0.05) is 11.4 Å². The third kappa shape index (κ3) is 3.68. The van der Waals surface area contributed by atoms with Crippen LogP contribution in [0.3, 0.4) is 0 Å². The highest BCUT2D eigenvalue weighted by Crippen LogP contribution is 2.12. The highest BCUT2D eigenvalue weighted by molar-refractivity contribution is 5.76. The van der Waals surface area contributed by atoms with E-state index in [9.17, 15) is 4.79 Å². The van der Waals surface area contributed by atoms with E-state index in [1.165, 1.54) is 0 Å². The quantitative estimate of drug-likeness (QED) is 0.810. The highest BCUT2D eigenvalue weighted by atomic mass is 16.4. The summed E-state index contributed by atoms with van der Waals surface area (Å²) in [5, 5.41) is 12.0. The molecule has 1 aromatic rings. The minimum absolute atomic E-state index is 0.0264. The normalized spacial score (nSPS) is 12.5. The number of aromatic nitrogens is 2. The molecule has 18 heavy (non-hydrogen) atoms. The van der Waals surface area contributed by atoms with Crippen LogP contribution in [0.1, 0.15) is 39.1 Å². The molecule has 0 aliphatic carbocycles. The summed E-state index contributed by atoms with van der Waals surface area (Å²) in [4.78, 5) is 19.8. The summed E-state index contributed by atoms with van der Waals surface area (Å²) in [6, 6.07) is 1.29. The Morgan fingerprint density at radius 3 is 2.11 bits per heavy atom. The first-order valence-corrected chi connectivity index (χ1v) is 6.34. The summed E-state index contributed by atoms with van der Waals surface area (Å²) in [6.07, 6.45) is 1.62. The Hall–Kier alpha value is -1.65. The molecule has 0 aromatic carbocycles. The standard InChI is InChI=1S/C13H21N3O2/c1-5-9-7-10(6-2)15-13(14-9)16-11(8(3)4)12(17)18/h7-8,11H,5-6H2,1-4H3,(H,17,18)(H,14,15,16)/t11-/m0/s1. The van der Waals surface area contributed by atoms with Crippen LogP contribution in [0, 0.1) is 5.92 Å². The van der Waals surface area contributed by atoms with E-state index < -0.39 is 12.0 Å². The van der Waals surface area contributed by atoms with Crippen molar-refractivity contribution in [2.45, 2.75) is 46.6 Å². The third-order valence-electron chi connectivity index (χ3n) is 2.77. The highest BCUT2D eigenvalue weighted by Gasteiger charge is 2.22. The van der Waals surface area contributed by atoms with Crippen LogP contribution in [0.15, 0.2) is 6.07 Å². The monoisotopic (exact) mass is 251 g/mol. The number of carbonyl (C=O) groups is 1. The zero-order valence-electron chi connectivity index (χ0n) is 11.4. The maximum atomic E-state index is 11.1. The van der Waals surface area contributed by atoms with E-state index in [1.807, 2.05) is 33.8 Å². The largest absolute Gasteiger partial charge is 0.480 e. The van der Waals surface area contributed by atoms with Gasteiger partial charge in [0.1, 0.15) is 6.04 Å². The molecule has 0 radical (unpaired) electrons. The maximum Gasteiger partial charge on any atom is 0.326 e. The first-order valence-electron chi connectivity index (χ1n) is 6.34. The molecule has 5 heteroatoms. The molecule has 0 saturated heterocycles. The molecule has 5 nitrogen and oxygen atoms in total. The lowest BCUT2D eigenvalue weighted by molar-refractivity contribution is -0.138. The van der Waals surface area contributed by atoms with E-state index >= 15 is 0 Å². The number of aryl methyl sites for hydroxylation is 2. The number of aliphatic carboxylic acids is 1. The number of rotatable bonds is 6. The average molecular weight is 251 g/mol. The summed E-state index contributed by atoms with van der Waals surface area (Å²) < 4.78 is 0. The molecule has 2 N–H and O–H groups in total. The molecule has 0 aliphatic heterocycles. The van der Waals surface area contributed by atoms with Crippen molar-refractivity contribution in [3.8, 4) is 0 Å². The fourth-order valence-electron chi connectivity index (χ4n) is 1.63. The third-order valence-corrected chi connectivity index (χ3v) is 2.77. The lowest BCUT2D eigenvalue weighted by atomic mass is 10.1. The minimum atomic E-state index is -0.881. The lowest BCUT2D eigenvalue weighted by Gasteiger charge is -2.18. The first kappa shape index (κ1) is 14.4. The molecule has 1 atom stereocenters. The molecule has 0 bridgehead atoms. The number of hydrogen-bond acceptors (Lipinski definition) is 4. The topological polar surface area (TPSA) is 75.1 Å². The number of hydrogen-bond donors (Lipinski definition) is 2. The van der Waals surface area contributed by atoms with Crippen molar-refractivity contribution in [3.05, 3.63) is 17.5 Å². The van der Waals surface area contributed by atoms with Gasteiger partial charge in [0.25, 0.3) is 0 Å². The van der Waals surface area contributed by atoms with Crippen LogP contribution in [0.4, 0.5) is 5.95 Å². The van der Waals surface area contributed by atoms with E-state index in [4.69, 9.17) is 5.11 Å². The van der Waals surface area contributed by atoms with Gasteiger partial charge < -0.3 is 10.4 Å². The molecule has 0 unspecified atom stereocenters. The second-order valence-electron chi connectivity index (χ2n) is 4.59. The van der Waals surface area contributed by atoms with Gasteiger partial charge in [-0.2, -0.15) is 0 Å². The Morgan fingerprint density at radius 2 is 1.78 bits per heavy atom. The predicted molar refractivity (Wildman–Crippen MR) is 70.7 cm³/mol. The van der Waals surface area contributed by atoms with Crippen molar-refractivity contribution in [2.24, 2.45) is 5.92 Å². The maximum absolute atomic E-state index is 11.1. The van der Waals surface area contributed by atoms with Gasteiger partial charge in [0.15, 0.2) is 0 Å². The van der Waals surface area contributed by atoms with Gasteiger partial charge in [-0.1, -0.05) is 27.7 Å². The number of anilines is 1. The molecule has 1 rings (SSSR count). The Balaban J connectivity index is 2.98. The molecule has 0 fully saturated rings. The van der Waals surface area contributed by atoms with Crippen molar-refractivity contribution in [2.75, 3.05) is 5.32 Å². The van der Waals surface area contributed by atoms with Gasteiger partial charge in [-0.3, -0.25) is 0 Å². The summed E-state index contributed by atoms with van der Waals surface area (Å²) in [7, 11) is 0. The molecule has 1 heterocycles. The fraction of sp³-hybridized carbons (Fsp3) is 0.615. The van der Waals surface area contributed by atoms with E-state index in [1.54, 1.807) is 0 Å². The lowest BCUT2D eigenvalue weighted by Crippen LogP contribution is -2.35. The van der Waals surface area contributed by atoms with Crippen LogP contribution in [0.2, 0.25) is 0 Å². The van der Waals surface area contributed by atoms with E-state index in [-0.39, 0.29) is 5.92 Å². The van der Waals surface area contributed by atoms with Crippen LogP contribution in [-0.2, 0) is 17.6 Å². The Labute approximate surface area is 108 Å². The SMILES string of the molecule is CCc1cc(CC)nc(N[C@H](C(=O)O)C(C)C)n1. The van der Waals surface area contributed by atoms with Crippen molar-refractivity contribution < 1.29 is 9.90 Å². The van der Waals surface area contributed by atoms with Gasteiger partial charge in [-0.15, -0.1) is 0 Å². The summed E-state index contributed by atoms with van der Waals surface area (Å²) in [5.74, 6) is -0.498. The fourth-order valence-corrected chi connectivity index (χ4v) is 1.63. The number of nitrogens with zero attached hydrogens (tertiary/aromatic N) is 2. The Bertz CT molecular complexity index is 396. The second kappa shape index (κ2) is 6.33. The van der Waals surface area contributed by atoms with Gasteiger partial charge >= 0.3 is 5.97 Å². The molecule has 100 valence electrons. The molecular weight excluding hydrogens is 230 g/mol. The zero-order chi connectivity index (χ0) is 13.7. The average Bonchev–Trinajstić information content (AvgIpc) is 2.34. The predicted octanol–water partition coefficient (Wildman–Crippen LogP) is 2.12. The number of carboxylic acid groups (broad SMARTS) is 1. The van der Waals surface area contributed by atoms with Crippen LogP contribution in [0.25, 0.3) is 0 Å². The second-order valence-corrected chi connectivity index (χ2v) is 4.59. The summed E-state index contributed by atoms with van der Waals surface area (Å²) in [5.41, 5.74) is 1.86. The molecule has 0 saturated carbocycles. The molecule has 0 aliphatic rings. The first-order chi connectivity index (χ1) is 8.47. The van der Waals surface area contributed by atoms with Crippen molar-refractivity contribution >= 4 is 11.9 Å². The van der Waals surface area contributed by atoms with E-state index in [0.717, 1.165) is 24.2 Å². The molecule has 0 amide bonds. The van der Waals surface area contributed by atoms with Crippen molar-refractivity contribution in [1.29, 1.82) is 0 Å². The smallest absolute Gasteiger partial charge is 0.326 e. The van der Waals surface area contributed by atoms with Crippen LogP contribution >= 0.6 is 0 Å². The van der Waals surface area contributed by atoms with Crippen LogP contribution in [-0.4, -0.2) is 27.1 Å². The number of carboxylic acids is 1. The summed E-state index contributed by atoms with van der Waals surface area (Å²) in [6.45, 7) is 7.75. The van der Waals surface area contributed by atoms with Crippen LogP contribution in [0.5, 0.6) is 0 Å². The summed E-state index contributed by atoms with van der Waals surface area (Å²) >= 11 is 0. The van der Waals surface area contributed by atoms with Crippen molar-refractivity contribution in [3.63, 3.8) is 0 Å². The zero-order valence-corrected chi connectivity index (χ0v) is 11.4. The van der Waals surface area contributed by atoms with E-state index in [2.05, 4.69) is 15.3 Å². The van der Waals surface area contributed by atoms with Gasteiger partial charge in [0.2, 0.25) is 5.95 Å². The van der Waals surface area contributed by atoms with Gasteiger partial charge in [-0.05, 0) is 24.8 Å². The van der Waals surface area contributed by atoms with E-state index in [0.29, 0.717) is 5.95 Å². The molecular formula is C13H21N3O2. The number of nitrogens with one attached hydrogen (secondary N) is 1. The molecule has 0 spiro atoms. The minimum Gasteiger partial charge on any atom is -0.480 e. The van der Waals surface area contributed by atoms with Gasteiger partial charge in [0.05, 0.1) is 0 Å². The van der Waals surface area contributed by atoms with Crippen LogP contribution < -0.4 is 5.32 Å². The molecule has 1 aromatic heterocycles. The van der Waals surface area contributed by atoms with Crippen molar-refractivity contribution in [1.82, 2.24) is 9.97 Å². The van der Waals surface area contributed by atoms with Gasteiger partial charge in [-0.25, -0.2) is 14.8 Å². The Kier molecular flexibility index (Phi) is 5.07.